The first-order valence-corrected chi connectivity index (χ1v) is 9.22. The van der Waals surface area contributed by atoms with Crippen molar-refractivity contribution in [2.75, 3.05) is 26.2 Å². The standard InChI is InChI=1S/C21H24N4O/c1-16(24-13-11-22-12-14-24)20-23-19-10-6-5-9-18(19)21(26)25(20)15-17-7-3-2-4-8-17/h2-10,16,22H,11-15H2,1H3. The molecule has 2 aromatic carbocycles. The summed E-state index contributed by atoms with van der Waals surface area (Å²) in [6.45, 7) is 6.58. The Morgan fingerprint density at radius 3 is 2.50 bits per heavy atom. The highest BCUT2D eigenvalue weighted by atomic mass is 16.1. The number of hydrogen-bond acceptors (Lipinski definition) is 4. The maximum absolute atomic E-state index is 13.2. The van der Waals surface area contributed by atoms with Crippen LogP contribution >= 0.6 is 0 Å². The van der Waals surface area contributed by atoms with Gasteiger partial charge in [0, 0.05) is 26.2 Å². The van der Waals surface area contributed by atoms with Crippen molar-refractivity contribution in [3.05, 3.63) is 76.3 Å². The predicted molar refractivity (Wildman–Crippen MR) is 104 cm³/mol. The molecule has 5 nitrogen and oxygen atoms in total. The van der Waals surface area contributed by atoms with E-state index in [0.717, 1.165) is 43.1 Å². The number of fused-ring (bicyclic) bond motifs is 1. The summed E-state index contributed by atoms with van der Waals surface area (Å²) in [6, 6.07) is 17.9. The van der Waals surface area contributed by atoms with Gasteiger partial charge in [0.25, 0.3) is 5.56 Å². The van der Waals surface area contributed by atoms with E-state index < -0.39 is 0 Å². The lowest BCUT2D eigenvalue weighted by atomic mass is 10.1. The van der Waals surface area contributed by atoms with Gasteiger partial charge in [0.05, 0.1) is 23.5 Å². The monoisotopic (exact) mass is 348 g/mol. The van der Waals surface area contributed by atoms with Gasteiger partial charge in [-0.25, -0.2) is 4.98 Å². The lowest BCUT2D eigenvalue weighted by Gasteiger charge is -2.33. The molecule has 26 heavy (non-hydrogen) atoms. The van der Waals surface area contributed by atoms with E-state index in [1.165, 1.54) is 0 Å². The Balaban J connectivity index is 1.83. The Bertz CT molecular complexity index is 945. The number of nitrogens with zero attached hydrogens (tertiary/aromatic N) is 3. The molecule has 1 N–H and O–H groups in total. The van der Waals surface area contributed by atoms with Gasteiger partial charge in [-0.15, -0.1) is 0 Å². The van der Waals surface area contributed by atoms with Crippen molar-refractivity contribution in [3.63, 3.8) is 0 Å². The number of piperazine rings is 1. The highest BCUT2D eigenvalue weighted by molar-refractivity contribution is 5.77. The minimum Gasteiger partial charge on any atom is -0.314 e. The van der Waals surface area contributed by atoms with Gasteiger partial charge in [-0.2, -0.15) is 0 Å². The van der Waals surface area contributed by atoms with Gasteiger partial charge >= 0.3 is 0 Å². The summed E-state index contributed by atoms with van der Waals surface area (Å²) >= 11 is 0. The summed E-state index contributed by atoms with van der Waals surface area (Å²) < 4.78 is 1.85. The fourth-order valence-electron chi connectivity index (χ4n) is 3.66. The average Bonchev–Trinajstić information content (AvgIpc) is 2.71. The second-order valence-corrected chi connectivity index (χ2v) is 6.83. The van der Waals surface area contributed by atoms with Gasteiger partial charge in [0.2, 0.25) is 0 Å². The van der Waals surface area contributed by atoms with Gasteiger partial charge in [-0.1, -0.05) is 42.5 Å². The molecular formula is C21H24N4O. The summed E-state index contributed by atoms with van der Waals surface area (Å²) in [6.07, 6.45) is 0. The number of benzene rings is 2. The molecule has 1 aliphatic heterocycles. The van der Waals surface area contributed by atoms with Crippen LogP contribution < -0.4 is 10.9 Å². The van der Waals surface area contributed by atoms with Crippen molar-refractivity contribution < 1.29 is 0 Å². The predicted octanol–water partition coefficient (Wildman–Crippen LogP) is 2.41. The summed E-state index contributed by atoms with van der Waals surface area (Å²) in [5.41, 5.74) is 1.93. The molecule has 1 aliphatic rings. The van der Waals surface area contributed by atoms with Crippen LogP contribution in [0, 0.1) is 0 Å². The number of para-hydroxylation sites is 1. The topological polar surface area (TPSA) is 50.2 Å². The third-order valence-corrected chi connectivity index (χ3v) is 5.15. The molecule has 1 saturated heterocycles. The van der Waals surface area contributed by atoms with Gasteiger partial charge in [-0.3, -0.25) is 14.3 Å². The third-order valence-electron chi connectivity index (χ3n) is 5.15. The van der Waals surface area contributed by atoms with Crippen LogP contribution in [0.1, 0.15) is 24.4 Å². The van der Waals surface area contributed by atoms with Crippen molar-refractivity contribution in [2.45, 2.75) is 19.5 Å². The Morgan fingerprint density at radius 1 is 1.04 bits per heavy atom. The summed E-state index contributed by atoms with van der Waals surface area (Å²) in [4.78, 5) is 20.5. The quantitative estimate of drug-likeness (QED) is 0.787. The van der Waals surface area contributed by atoms with Crippen molar-refractivity contribution in [1.82, 2.24) is 19.8 Å². The Labute approximate surface area is 153 Å². The zero-order valence-electron chi connectivity index (χ0n) is 15.1. The van der Waals surface area contributed by atoms with Crippen LogP contribution in [0.5, 0.6) is 0 Å². The molecule has 4 rings (SSSR count). The Morgan fingerprint density at radius 2 is 1.73 bits per heavy atom. The van der Waals surface area contributed by atoms with E-state index in [-0.39, 0.29) is 11.6 Å². The van der Waals surface area contributed by atoms with E-state index in [4.69, 9.17) is 4.98 Å². The van der Waals surface area contributed by atoms with Crippen molar-refractivity contribution in [2.24, 2.45) is 0 Å². The molecule has 0 radical (unpaired) electrons. The molecule has 1 fully saturated rings. The van der Waals surface area contributed by atoms with Crippen molar-refractivity contribution in [3.8, 4) is 0 Å². The van der Waals surface area contributed by atoms with Crippen LogP contribution in [0.4, 0.5) is 0 Å². The van der Waals surface area contributed by atoms with E-state index in [1.807, 2.05) is 47.0 Å². The van der Waals surface area contributed by atoms with E-state index in [1.54, 1.807) is 0 Å². The molecule has 134 valence electrons. The molecule has 0 saturated carbocycles. The van der Waals surface area contributed by atoms with Gasteiger partial charge in [0.1, 0.15) is 5.82 Å². The first kappa shape index (κ1) is 16.9. The molecular weight excluding hydrogens is 324 g/mol. The maximum atomic E-state index is 13.2. The fraction of sp³-hybridized carbons (Fsp3) is 0.333. The molecule has 1 aromatic heterocycles. The van der Waals surface area contributed by atoms with E-state index in [2.05, 4.69) is 29.3 Å². The fourth-order valence-corrected chi connectivity index (χ4v) is 3.66. The Hall–Kier alpha value is -2.50. The SMILES string of the molecule is CC(c1nc2ccccc2c(=O)n1Cc1ccccc1)N1CCNCC1. The van der Waals surface area contributed by atoms with E-state index in [9.17, 15) is 4.79 Å². The minimum atomic E-state index is 0.0384. The second-order valence-electron chi connectivity index (χ2n) is 6.83. The highest BCUT2D eigenvalue weighted by Crippen LogP contribution is 2.21. The third kappa shape index (κ3) is 3.28. The van der Waals surface area contributed by atoms with Crippen LogP contribution in [-0.4, -0.2) is 40.6 Å². The van der Waals surface area contributed by atoms with Crippen LogP contribution in [0.15, 0.2) is 59.4 Å². The lowest BCUT2D eigenvalue weighted by molar-refractivity contribution is 0.175. The van der Waals surface area contributed by atoms with Crippen molar-refractivity contribution >= 4 is 10.9 Å². The number of hydrogen-bond donors (Lipinski definition) is 1. The van der Waals surface area contributed by atoms with Gasteiger partial charge in [-0.05, 0) is 24.6 Å². The van der Waals surface area contributed by atoms with E-state index >= 15 is 0 Å². The van der Waals surface area contributed by atoms with Gasteiger partial charge in [0.15, 0.2) is 0 Å². The Kier molecular flexibility index (Phi) is 4.82. The summed E-state index contributed by atoms with van der Waals surface area (Å²) in [7, 11) is 0. The first-order valence-electron chi connectivity index (χ1n) is 9.22. The zero-order chi connectivity index (χ0) is 17.9. The largest absolute Gasteiger partial charge is 0.314 e. The van der Waals surface area contributed by atoms with Gasteiger partial charge < -0.3 is 5.32 Å². The normalized spacial score (nSPS) is 16.7. The molecule has 1 unspecified atom stereocenters. The summed E-state index contributed by atoms with van der Waals surface area (Å²) in [5, 5.41) is 4.07. The average molecular weight is 348 g/mol. The minimum absolute atomic E-state index is 0.0384. The summed E-state index contributed by atoms with van der Waals surface area (Å²) in [5.74, 6) is 0.847. The molecule has 0 aliphatic carbocycles. The lowest BCUT2D eigenvalue weighted by Crippen LogP contribution is -2.45. The van der Waals surface area contributed by atoms with Crippen molar-refractivity contribution in [1.29, 1.82) is 0 Å². The molecule has 0 amide bonds. The van der Waals surface area contributed by atoms with E-state index in [0.29, 0.717) is 11.9 Å². The molecule has 2 heterocycles. The first-order chi connectivity index (χ1) is 12.7. The van der Waals surface area contributed by atoms with Crippen LogP contribution in [0.3, 0.4) is 0 Å². The zero-order valence-corrected chi connectivity index (χ0v) is 15.1. The molecule has 3 aromatic rings. The van der Waals surface area contributed by atoms with Crippen LogP contribution in [0.2, 0.25) is 0 Å². The highest BCUT2D eigenvalue weighted by Gasteiger charge is 2.23. The van der Waals surface area contributed by atoms with Crippen LogP contribution in [-0.2, 0) is 6.54 Å². The second kappa shape index (κ2) is 7.40. The molecule has 5 heteroatoms. The smallest absolute Gasteiger partial charge is 0.261 e. The molecule has 0 spiro atoms. The number of nitrogens with one attached hydrogen (secondary N) is 1. The molecule has 1 atom stereocenters. The number of rotatable bonds is 4. The number of aromatic nitrogens is 2. The van der Waals surface area contributed by atoms with Crippen LogP contribution in [0.25, 0.3) is 10.9 Å². The maximum Gasteiger partial charge on any atom is 0.261 e. The molecule has 0 bridgehead atoms.